The number of halogens is 2. The van der Waals surface area contributed by atoms with Crippen molar-refractivity contribution in [3.63, 3.8) is 0 Å². The summed E-state index contributed by atoms with van der Waals surface area (Å²) >= 11 is 12.6. The molecule has 0 bridgehead atoms. The first-order chi connectivity index (χ1) is 14.4. The molecular weight excluding hydrogens is 427 g/mol. The molecule has 0 radical (unpaired) electrons. The van der Waals surface area contributed by atoms with E-state index in [1.165, 1.54) is 6.33 Å². The fraction of sp³-hybridized carbons (Fsp3) is 0.286. The van der Waals surface area contributed by atoms with Gasteiger partial charge in [0.15, 0.2) is 0 Å². The Labute approximate surface area is 183 Å². The highest BCUT2D eigenvalue weighted by Crippen LogP contribution is 2.44. The Balaban J connectivity index is 1.50. The number of rotatable bonds is 7. The molecule has 1 amide bonds. The maximum Gasteiger partial charge on any atom is 0.248 e. The Morgan fingerprint density at radius 3 is 2.73 bits per heavy atom. The molecule has 1 aromatic heterocycles. The van der Waals surface area contributed by atoms with Crippen LogP contribution in [-0.4, -0.2) is 33.4 Å². The van der Waals surface area contributed by atoms with Crippen LogP contribution in [0.25, 0.3) is 0 Å². The van der Waals surface area contributed by atoms with Crippen LogP contribution in [0.4, 0.5) is 0 Å². The predicted octanol–water partition coefficient (Wildman–Crippen LogP) is 3.84. The van der Waals surface area contributed by atoms with Gasteiger partial charge in [0.2, 0.25) is 5.91 Å². The lowest BCUT2D eigenvalue weighted by Crippen LogP contribution is -2.33. The molecule has 2 aromatic carbocycles. The molecule has 2 N–H and O–H groups in total. The van der Waals surface area contributed by atoms with Crippen molar-refractivity contribution in [2.75, 3.05) is 6.61 Å². The van der Waals surface area contributed by atoms with Crippen molar-refractivity contribution < 1.29 is 14.3 Å². The van der Waals surface area contributed by atoms with E-state index in [2.05, 4.69) is 10.1 Å². The SMILES string of the molecule is NC(=O)c1ccc(OCC2CCC(Cn3cncn3)(c3ccc(Cl)cc3Cl)O2)cc1. The van der Waals surface area contributed by atoms with Crippen LogP contribution in [0.1, 0.15) is 28.8 Å². The highest BCUT2D eigenvalue weighted by atomic mass is 35.5. The summed E-state index contributed by atoms with van der Waals surface area (Å²) in [5, 5.41) is 5.34. The fourth-order valence-electron chi connectivity index (χ4n) is 3.69. The molecule has 1 aliphatic heterocycles. The van der Waals surface area contributed by atoms with E-state index < -0.39 is 11.5 Å². The highest BCUT2D eigenvalue weighted by Gasteiger charge is 2.44. The number of benzene rings is 2. The molecule has 2 heterocycles. The van der Waals surface area contributed by atoms with Crippen molar-refractivity contribution in [3.05, 3.63) is 76.3 Å². The predicted molar refractivity (Wildman–Crippen MR) is 113 cm³/mol. The van der Waals surface area contributed by atoms with Gasteiger partial charge >= 0.3 is 0 Å². The average Bonchev–Trinajstić information content (AvgIpc) is 3.37. The number of hydrogen-bond acceptors (Lipinski definition) is 5. The first-order valence-electron chi connectivity index (χ1n) is 9.44. The largest absolute Gasteiger partial charge is 0.491 e. The number of carbonyl (C=O) groups is 1. The molecule has 1 fully saturated rings. The number of ether oxygens (including phenoxy) is 2. The van der Waals surface area contributed by atoms with Crippen LogP contribution < -0.4 is 10.5 Å². The third-order valence-corrected chi connectivity index (χ3v) is 5.69. The Morgan fingerprint density at radius 2 is 2.07 bits per heavy atom. The molecule has 1 aliphatic rings. The van der Waals surface area contributed by atoms with Crippen LogP contribution in [0.5, 0.6) is 5.75 Å². The lowest BCUT2D eigenvalue weighted by molar-refractivity contribution is -0.0715. The molecule has 2 atom stereocenters. The summed E-state index contributed by atoms with van der Waals surface area (Å²) in [6.45, 7) is 0.832. The summed E-state index contributed by atoms with van der Waals surface area (Å²) in [4.78, 5) is 15.2. The van der Waals surface area contributed by atoms with Gasteiger partial charge in [-0.3, -0.25) is 4.79 Å². The van der Waals surface area contributed by atoms with E-state index in [0.29, 0.717) is 34.5 Å². The summed E-state index contributed by atoms with van der Waals surface area (Å²) in [6.07, 6.45) is 4.52. The smallest absolute Gasteiger partial charge is 0.248 e. The molecule has 4 rings (SSSR count). The van der Waals surface area contributed by atoms with E-state index in [9.17, 15) is 4.79 Å². The molecule has 1 saturated heterocycles. The van der Waals surface area contributed by atoms with Gasteiger partial charge in [-0.05, 0) is 49.2 Å². The number of amides is 1. The first kappa shape index (κ1) is 20.7. The van der Waals surface area contributed by atoms with Gasteiger partial charge in [-0.1, -0.05) is 29.3 Å². The molecule has 0 spiro atoms. The van der Waals surface area contributed by atoms with Crippen molar-refractivity contribution in [1.29, 1.82) is 0 Å². The Morgan fingerprint density at radius 1 is 1.27 bits per heavy atom. The molecule has 30 heavy (non-hydrogen) atoms. The maximum atomic E-state index is 11.2. The van der Waals surface area contributed by atoms with Crippen molar-refractivity contribution in [1.82, 2.24) is 14.8 Å². The number of aromatic nitrogens is 3. The second kappa shape index (κ2) is 8.63. The summed E-state index contributed by atoms with van der Waals surface area (Å²) in [7, 11) is 0. The van der Waals surface area contributed by atoms with Gasteiger partial charge in [0.1, 0.15) is 30.6 Å². The third-order valence-electron chi connectivity index (χ3n) is 5.14. The van der Waals surface area contributed by atoms with Gasteiger partial charge in [0.05, 0.1) is 12.6 Å². The van der Waals surface area contributed by atoms with Crippen LogP contribution in [0.2, 0.25) is 10.0 Å². The quantitative estimate of drug-likeness (QED) is 0.594. The van der Waals surface area contributed by atoms with E-state index in [0.717, 1.165) is 18.4 Å². The van der Waals surface area contributed by atoms with E-state index in [-0.39, 0.29) is 6.10 Å². The summed E-state index contributed by atoms with van der Waals surface area (Å²) in [5.41, 5.74) is 5.89. The number of nitrogens with two attached hydrogens (primary N) is 1. The second-order valence-electron chi connectivity index (χ2n) is 7.19. The minimum absolute atomic E-state index is 0.143. The monoisotopic (exact) mass is 446 g/mol. The van der Waals surface area contributed by atoms with Crippen molar-refractivity contribution in [2.24, 2.45) is 5.73 Å². The summed E-state index contributed by atoms with van der Waals surface area (Å²) in [6, 6.07) is 12.1. The molecule has 3 aromatic rings. The van der Waals surface area contributed by atoms with E-state index in [4.69, 9.17) is 38.4 Å². The lowest BCUT2D eigenvalue weighted by atomic mass is 9.90. The summed E-state index contributed by atoms with van der Waals surface area (Å²) < 4.78 is 14.1. The van der Waals surface area contributed by atoms with Crippen molar-refractivity contribution in [3.8, 4) is 5.75 Å². The van der Waals surface area contributed by atoms with E-state index in [1.54, 1.807) is 47.4 Å². The zero-order chi connectivity index (χ0) is 21.1. The zero-order valence-electron chi connectivity index (χ0n) is 16.0. The molecular formula is C21H20Cl2N4O3. The molecule has 156 valence electrons. The second-order valence-corrected chi connectivity index (χ2v) is 8.03. The minimum Gasteiger partial charge on any atom is -0.491 e. The highest BCUT2D eigenvalue weighted by molar-refractivity contribution is 6.35. The van der Waals surface area contributed by atoms with Gasteiger partial charge in [0, 0.05) is 21.2 Å². The lowest BCUT2D eigenvalue weighted by Gasteiger charge is -2.31. The number of carbonyl (C=O) groups excluding carboxylic acids is 1. The van der Waals surface area contributed by atoms with Crippen molar-refractivity contribution >= 4 is 29.1 Å². The fourth-order valence-corrected chi connectivity index (χ4v) is 4.27. The Bertz CT molecular complexity index is 1030. The summed E-state index contributed by atoms with van der Waals surface area (Å²) in [5.74, 6) is 0.167. The first-order valence-corrected chi connectivity index (χ1v) is 10.2. The van der Waals surface area contributed by atoms with E-state index in [1.807, 2.05) is 6.07 Å². The van der Waals surface area contributed by atoms with Crippen LogP contribution in [0.3, 0.4) is 0 Å². The van der Waals surface area contributed by atoms with Crippen molar-refractivity contribution in [2.45, 2.75) is 31.1 Å². The van der Waals surface area contributed by atoms with Crippen LogP contribution in [0.15, 0.2) is 55.1 Å². The Kier molecular flexibility index (Phi) is 5.94. The maximum absolute atomic E-state index is 11.2. The molecule has 7 nitrogen and oxygen atoms in total. The minimum atomic E-state index is -0.667. The van der Waals surface area contributed by atoms with Gasteiger partial charge in [-0.15, -0.1) is 0 Å². The van der Waals surface area contributed by atoms with Gasteiger partial charge in [-0.25, -0.2) is 9.67 Å². The van der Waals surface area contributed by atoms with E-state index >= 15 is 0 Å². The Hall–Kier alpha value is -2.61. The van der Waals surface area contributed by atoms with Crippen LogP contribution >= 0.6 is 23.2 Å². The standard InChI is InChI=1S/C21H20Cl2N4O3/c22-15-3-6-18(19(23)9-15)21(11-27-13-25-12-26-27)8-7-17(30-21)10-29-16-4-1-14(2-5-16)20(24)28/h1-6,9,12-13,17H,7-8,10-11H2,(H2,24,28). The number of hydrogen-bond donors (Lipinski definition) is 1. The topological polar surface area (TPSA) is 92.3 Å². The zero-order valence-corrected chi connectivity index (χ0v) is 17.5. The number of primary amides is 1. The van der Waals surface area contributed by atoms with Gasteiger partial charge in [0.25, 0.3) is 0 Å². The normalized spacial score (nSPS) is 20.9. The molecule has 2 unspecified atom stereocenters. The van der Waals surface area contributed by atoms with Crippen LogP contribution in [0, 0.1) is 0 Å². The average molecular weight is 447 g/mol. The van der Waals surface area contributed by atoms with Gasteiger partial charge < -0.3 is 15.2 Å². The molecule has 0 aliphatic carbocycles. The van der Waals surface area contributed by atoms with Crippen LogP contribution in [-0.2, 0) is 16.9 Å². The number of nitrogens with zero attached hydrogens (tertiary/aromatic N) is 3. The third kappa shape index (κ3) is 4.43. The van der Waals surface area contributed by atoms with Gasteiger partial charge in [-0.2, -0.15) is 5.10 Å². The molecule has 9 heteroatoms. The molecule has 0 saturated carbocycles.